The molecule has 32 heavy (non-hydrogen) atoms. The van der Waals surface area contributed by atoms with Crippen molar-refractivity contribution in [3.63, 3.8) is 0 Å². The van der Waals surface area contributed by atoms with Crippen LogP contribution in [0.15, 0.2) is 55.2 Å². The van der Waals surface area contributed by atoms with Gasteiger partial charge in [-0.3, -0.25) is 14.3 Å². The van der Waals surface area contributed by atoms with Crippen molar-refractivity contribution in [2.24, 2.45) is 14.1 Å². The third kappa shape index (κ3) is 3.18. The SMILES string of the molecule is Cn1cc(-c2cnc3ccc(Cc4nc5nn[nH]c5nc4-c4cnn(C)c4)cc3c2)cn1. The molecule has 5 heterocycles. The summed E-state index contributed by atoms with van der Waals surface area (Å²) in [5.74, 6) is 0. The van der Waals surface area contributed by atoms with Gasteiger partial charge >= 0.3 is 0 Å². The van der Waals surface area contributed by atoms with E-state index in [0.29, 0.717) is 17.7 Å². The van der Waals surface area contributed by atoms with Crippen LogP contribution < -0.4 is 0 Å². The molecule has 5 aromatic heterocycles. The van der Waals surface area contributed by atoms with E-state index in [0.717, 1.165) is 44.5 Å². The molecule has 1 N–H and O–H groups in total. The summed E-state index contributed by atoms with van der Waals surface area (Å²) in [4.78, 5) is 14.1. The molecule has 0 aliphatic heterocycles. The van der Waals surface area contributed by atoms with Crippen LogP contribution >= 0.6 is 0 Å². The number of aryl methyl sites for hydroxylation is 2. The molecule has 10 nitrogen and oxygen atoms in total. The highest BCUT2D eigenvalue weighted by atomic mass is 15.4. The van der Waals surface area contributed by atoms with Crippen molar-refractivity contribution in [2.75, 3.05) is 0 Å². The van der Waals surface area contributed by atoms with Gasteiger partial charge in [0.05, 0.1) is 29.3 Å². The van der Waals surface area contributed by atoms with E-state index in [1.807, 2.05) is 44.9 Å². The van der Waals surface area contributed by atoms with Crippen LogP contribution in [0.1, 0.15) is 11.3 Å². The molecule has 0 unspecified atom stereocenters. The van der Waals surface area contributed by atoms with Gasteiger partial charge in [-0.05, 0) is 23.8 Å². The number of nitrogens with zero attached hydrogens (tertiary/aromatic N) is 9. The Bertz CT molecular complexity index is 1590. The lowest BCUT2D eigenvalue weighted by molar-refractivity contribution is 0.768. The Morgan fingerprint density at radius 2 is 1.69 bits per heavy atom. The van der Waals surface area contributed by atoms with Gasteiger partial charge in [-0.1, -0.05) is 11.3 Å². The Kier molecular flexibility index (Phi) is 4.03. The van der Waals surface area contributed by atoms with Crippen molar-refractivity contribution in [3.05, 3.63) is 66.5 Å². The number of hydrogen-bond acceptors (Lipinski definition) is 7. The molecule has 0 radical (unpaired) electrons. The molecule has 10 heteroatoms. The van der Waals surface area contributed by atoms with Gasteiger partial charge in [-0.25, -0.2) is 15.1 Å². The molecule has 0 aliphatic carbocycles. The Balaban J connectivity index is 1.43. The van der Waals surface area contributed by atoms with Crippen LogP contribution in [-0.4, -0.2) is 49.9 Å². The number of rotatable bonds is 4. The van der Waals surface area contributed by atoms with Crippen molar-refractivity contribution in [2.45, 2.75) is 6.42 Å². The Hall–Kier alpha value is -4.47. The van der Waals surface area contributed by atoms with Gasteiger partial charge in [0, 0.05) is 61.2 Å². The van der Waals surface area contributed by atoms with Gasteiger partial charge in [0.1, 0.15) is 0 Å². The number of fused-ring (bicyclic) bond motifs is 2. The van der Waals surface area contributed by atoms with Gasteiger partial charge in [0.2, 0.25) is 5.65 Å². The quantitative estimate of drug-likeness (QED) is 0.464. The highest BCUT2D eigenvalue weighted by molar-refractivity contribution is 5.84. The third-order valence-electron chi connectivity index (χ3n) is 5.38. The standard InChI is InChI=1S/C22H18N10/c1-31-11-16(9-24-31)15-7-14-5-13(3-4-18(14)23-8-15)6-19-20(17-10-25-32(2)12-17)27-22-21(26-19)28-30-29-22/h3-5,7-12H,6H2,1-2H3,(H,26,27,28,29,30). The number of nitrogens with one attached hydrogen (secondary N) is 1. The summed E-state index contributed by atoms with van der Waals surface area (Å²) in [6.45, 7) is 0. The van der Waals surface area contributed by atoms with Gasteiger partial charge in [0.15, 0.2) is 5.65 Å². The molecule has 6 rings (SSSR count). The van der Waals surface area contributed by atoms with Gasteiger partial charge < -0.3 is 0 Å². The van der Waals surface area contributed by atoms with Crippen molar-refractivity contribution in [1.29, 1.82) is 0 Å². The van der Waals surface area contributed by atoms with E-state index < -0.39 is 0 Å². The molecule has 0 fully saturated rings. The van der Waals surface area contributed by atoms with E-state index in [-0.39, 0.29) is 0 Å². The zero-order chi connectivity index (χ0) is 21.7. The monoisotopic (exact) mass is 422 g/mol. The average molecular weight is 422 g/mol. The second-order valence-corrected chi connectivity index (χ2v) is 7.74. The number of hydrogen-bond donors (Lipinski definition) is 1. The number of benzene rings is 1. The molecule has 0 amide bonds. The van der Waals surface area contributed by atoms with E-state index in [1.54, 1.807) is 15.6 Å². The fraction of sp³-hybridized carbons (Fsp3) is 0.136. The lowest BCUT2D eigenvalue weighted by Gasteiger charge is -2.08. The van der Waals surface area contributed by atoms with Gasteiger partial charge in [-0.15, -0.1) is 5.10 Å². The topological polar surface area (TPSA) is 116 Å². The Labute approximate surface area is 182 Å². The van der Waals surface area contributed by atoms with Crippen LogP contribution in [0.5, 0.6) is 0 Å². The maximum absolute atomic E-state index is 4.73. The lowest BCUT2D eigenvalue weighted by atomic mass is 10.0. The van der Waals surface area contributed by atoms with Crippen LogP contribution in [-0.2, 0) is 20.5 Å². The molecular formula is C22H18N10. The lowest BCUT2D eigenvalue weighted by Crippen LogP contribution is -2.00. The second-order valence-electron chi connectivity index (χ2n) is 7.74. The molecule has 0 spiro atoms. The third-order valence-corrected chi connectivity index (χ3v) is 5.38. The summed E-state index contributed by atoms with van der Waals surface area (Å²) in [5, 5.41) is 20.3. The number of H-pyrrole nitrogens is 1. The smallest absolute Gasteiger partial charge is 0.221 e. The van der Waals surface area contributed by atoms with Crippen LogP contribution in [0.2, 0.25) is 0 Å². The summed E-state index contributed by atoms with van der Waals surface area (Å²) < 4.78 is 3.53. The van der Waals surface area contributed by atoms with Crippen LogP contribution in [0.3, 0.4) is 0 Å². The number of pyridine rings is 1. The fourth-order valence-corrected chi connectivity index (χ4v) is 3.83. The zero-order valence-electron chi connectivity index (χ0n) is 17.4. The molecule has 156 valence electrons. The zero-order valence-corrected chi connectivity index (χ0v) is 17.4. The van der Waals surface area contributed by atoms with Crippen molar-refractivity contribution in [3.8, 4) is 22.4 Å². The summed E-state index contributed by atoms with van der Waals surface area (Å²) >= 11 is 0. The average Bonchev–Trinajstić information content (AvgIpc) is 3.53. The van der Waals surface area contributed by atoms with Crippen LogP contribution in [0.4, 0.5) is 0 Å². The maximum atomic E-state index is 4.73. The predicted molar refractivity (Wildman–Crippen MR) is 118 cm³/mol. The van der Waals surface area contributed by atoms with E-state index in [9.17, 15) is 0 Å². The molecule has 6 aromatic rings. The Morgan fingerprint density at radius 3 is 2.47 bits per heavy atom. The predicted octanol–water partition coefficient (Wildman–Crippen LogP) is 2.69. The highest BCUT2D eigenvalue weighted by Gasteiger charge is 2.15. The summed E-state index contributed by atoms with van der Waals surface area (Å²) in [6.07, 6.45) is 10.0. The van der Waals surface area contributed by atoms with E-state index >= 15 is 0 Å². The first-order valence-corrected chi connectivity index (χ1v) is 10.1. The first-order chi connectivity index (χ1) is 15.6. The minimum atomic E-state index is 0.494. The molecule has 0 saturated heterocycles. The molecule has 0 saturated carbocycles. The largest absolute Gasteiger partial charge is 0.275 e. The fourth-order valence-electron chi connectivity index (χ4n) is 3.83. The Morgan fingerprint density at radius 1 is 0.875 bits per heavy atom. The minimum Gasteiger partial charge on any atom is -0.275 e. The van der Waals surface area contributed by atoms with Gasteiger partial charge in [-0.2, -0.15) is 10.2 Å². The molecule has 0 aliphatic rings. The number of aromatic nitrogens is 10. The van der Waals surface area contributed by atoms with E-state index in [4.69, 9.17) is 9.97 Å². The molecule has 1 aromatic carbocycles. The normalized spacial score (nSPS) is 11.6. The molecule has 0 atom stereocenters. The van der Waals surface area contributed by atoms with Crippen molar-refractivity contribution >= 4 is 22.2 Å². The number of aromatic amines is 1. The first-order valence-electron chi connectivity index (χ1n) is 10.1. The molecular weight excluding hydrogens is 404 g/mol. The maximum Gasteiger partial charge on any atom is 0.221 e. The van der Waals surface area contributed by atoms with Crippen molar-refractivity contribution in [1.82, 2.24) is 49.9 Å². The van der Waals surface area contributed by atoms with Crippen LogP contribution in [0.25, 0.3) is 44.6 Å². The highest BCUT2D eigenvalue weighted by Crippen LogP contribution is 2.26. The summed E-state index contributed by atoms with van der Waals surface area (Å²) in [7, 11) is 3.78. The first kappa shape index (κ1) is 18.3. The second kappa shape index (κ2) is 7.05. The summed E-state index contributed by atoms with van der Waals surface area (Å²) in [6, 6.07) is 8.38. The van der Waals surface area contributed by atoms with E-state index in [2.05, 4.69) is 48.8 Å². The van der Waals surface area contributed by atoms with Crippen LogP contribution in [0, 0.1) is 0 Å². The molecule has 0 bridgehead atoms. The summed E-state index contributed by atoms with van der Waals surface area (Å²) in [5.41, 5.74) is 7.63. The minimum absolute atomic E-state index is 0.494. The van der Waals surface area contributed by atoms with Crippen molar-refractivity contribution < 1.29 is 0 Å². The van der Waals surface area contributed by atoms with Gasteiger partial charge in [0.25, 0.3) is 0 Å². The van der Waals surface area contributed by atoms with E-state index in [1.165, 1.54) is 0 Å².